The molecule has 0 heterocycles. The van der Waals surface area contributed by atoms with Crippen LogP contribution in [-0.2, 0) is 10.2 Å². The summed E-state index contributed by atoms with van der Waals surface area (Å²) in [4.78, 5) is 11.9. The molecule has 0 fully saturated rings. The van der Waals surface area contributed by atoms with Crippen LogP contribution in [0.2, 0.25) is 0 Å². The largest absolute Gasteiger partial charge is 0.280 e. The van der Waals surface area contributed by atoms with Crippen LogP contribution >= 0.6 is 11.6 Å². The summed E-state index contributed by atoms with van der Waals surface area (Å²) < 4.78 is 0. The van der Waals surface area contributed by atoms with Crippen LogP contribution in [0, 0.1) is 0 Å². The number of hydrogen-bond acceptors (Lipinski definition) is 1. The van der Waals surface area contributed by atoms with Crippen LogP contribution in [0.5, 0.6) is 0 Å². The van der Waals surface area contributed by atoms with Gasteiger partial charge in [0.05, 0.1) is 5.41 Å². The zero-order valence-electron chi connectivity index (χ0n) is 9.41. The van der Waals surface area contributed by atoms with E-state index >= 15 is 0 Å². The molecule has 2 heteroatoms. The number of benzene rings is 2. The summed E-state index contributed by atoms with van der Waals surface area (Å²) >= 11 is 5.84. The maximum absolute atomic E-state index is 11.9. The van der Waals surface area contributed by atoms with E-state index in [4.69, 9.17) is 11.6 Å². The molecule has 0 bridgehead atoms. The molecule has 0 amide bonds. The summed E-state index contributed by atoms with van der Waals surface area (Å²) in [6.45, 7) is 1.90. The molecule has 2 aromatic carbocycles. The van der Waals surface area contributed by atoms with E-state index in [0.29, 0.717) is 0 Å². The predicted molar refractivity (Wildman–Crippen MR) is 69.2 cm³/mol. The van der Waals surface area contributed by atoms with Gasteiger partial charge >= 0.3 is 0 Å². The van der Waals surface area contributed by atoms with Crippen LogP contribution in [0.1, 0.15) is 18.1 Å². The molecule has 0 saturated heterocycles. The van der Waals surface area contributed by atoms with Crippen molar-refractivity contribution in [3.8, 4) is 11.1 Å². The van der Waals surface area contributed by atoms with E-state index in [1.807, 2.05) is 55.5 Å². The summed E-state index contributed by atoms with van der Waals surface area (Å²) in [7, 11) is 0. The minimum atomic E-state index is -0.714. The predicted octanol–water partition coefficient (Wildman–Crippen LogP) is 3.74. The fraction of sp³-hybridized carbons (Fsp3) is 0.133. The third-order valence-electron chi connectivity index (χ3n) is 3.61. The highest BCUT2D eigenvalue weighted by Crippen LogP contribution is 2.49. The molecule has 17 heavy (non-hydrogen) atoms. The molecule has 0 N–H and O–H groups in total. The molecule has 0 saturated carbocycles. The van der Waals surface area contributed by atoms with E-state index in [-0.39, 0.29) is 5.24 Å². The maximum Gasteiger partial charge on any atom is 0.236 e. The SMILES string of the molecule is CC1([14C](=O)Cl)c2ccccc2-c2ccccc21. The highest BCUT2D eigenvalue weighted by Gasteiger charge is 2.43. The Morgan fingerprint density at radius 3 is 1.76 bits per heavy atom. The van der Waals surface area contributed by atoms with E-state index in [0.717, 1.165) is 22.3 Å². The number of carbonyl (C=O) groups excluding carboxylic acids is 1. The first kappa shape index (κ1) is 10.5. The molecule has 0 atom stereocenters. The Morgan fingerprint density at radius 2 is 1.35 bits per heavy atom. The Bertz CT molecular complexity index is 570. The van der Waals surface area contributed by atoms with Crippen LogP contribution in [0.3, 0.4) is 0 Å². The molecule has 1 aliphatic rings. The Hall–Kier alpha value is -1.60. The molecule has 0 unspecified atom stereocenters. The third kappa shape index (κ3) is 1.23. The van der Waals surface area contributed by atoms with Crippen molar-refractivity contribution in [1.82, 2.24) is 0 Å². The van der Waals surface area contributed by atoms with Gasteiger partial charge in [-0.05, 0) is 40.8 Å². The summed E-state index contributed by atoms with van der Waals surface area (Å²) in [5.41, 5.74) is 3.51. The van der Waals surface area contributed by atoms with Crippen molar-refractivity contribution < 1.29 is 4.79 Å². The second-order valence-electron chi connectivity index (χ2n) is 4.49. The van der Waals surface area contributed by atoms with Crippen LogP contribution < -0.4 is 0 Å². The van der Waals surface area contributed by atoms with Gasteiger partial charge in [-0.25, -0.2) is 0 Å². The zero-order chi connectivity index (χ0) is 12.0. The van der Waals surface area contributed by atoms with Gasteiger partial charge in [0.25, 0.3) is 0 Å². The molecule has 0 aromatic heterocycles. The average Bonchev–Trinajstić information content (AvgIpc) is 2.63. The Labute approximate surface area is 105 Å². The second kappa shape index (κ2) is 3.44. The molecular weight excluding hydrogens is 234 g/mol. The third-order valence-corrected chi connectivity index (χ3v) is 3.99. The molecule has 1 nitrogen and oxygen atoms in total. The first-order chi connectivity index (χ1) is 8.15. The Kier molecular flexibility index (Phi) is 2.14. The van der Waals surface area contributed by atoms with Gasteiger partial charge in [0.1, 0.15) is 0 Å². The van der Waals surface area contributed by atoms with Crippen LogP contribution in [0.25, 0.3) is 11.1 Å². The second-order valence-corrected chi connectivity index (χ2v) is 4.83. The normalized spacial score (nSPS) is 15.2. The number of carbonyl (C=O) groups is 1. The fourth-order valence-corrected chi connectivity index (χ4v) is 2.87. The lowest BCUT2D eigenvalue weighted by Gasteiger charge is -2.22. The van der Waals surface area contributed by atoms with Crippen molar-refractivity contribution in [2.24, 2.45) is 0 Å². The van der Waals surface area contributed by atoms with Gasteiger partial charge in [0, 0.05) is 0 Å². The molecule has 3 rings (SSSR count). The molecule has 0 aliphatic heterocycles. The lowest BCUT2D eigenvalue weighted by atomic mass is 9.91. The maximum atomic E-state index is 11.9. The van der Waals surface area contributed by atoms with Gasteiger partial charge in [-0.15, -0.1) is 0 Å². The van der Waals surface area contributed by atoms with Crippen molar-refractivity contribution in [3.05, 3.63) is 59.7 Å². The Morgan fingerprint density at radius 1 is 0.941 bits per heavy atom. The number of rotatable bonds is 1. The van der Waals surface area contributed by atoms with Crippen molar-refractivity contribution in [3.63, 3.8) is 0 Å². The molecule has 2 aromatic rings. The van der Waals surface area contributed by atoms with Crippen molar-refractivity contribution in [2.45, 2.75) is 12.3 Å². The minimum Gasteiger partial charge on any atom is -0.280 e. The highest BCUT2D eigenvalue weighted by molar-refractivity contribution is 6.66. The molecule has 1 aliphatic carbocycles. The van der Waals surface area contributed by atoms with Gasteiger partial charge in [0.2, 0.25) is 5.24 Å². The van der Waals surface area contributed by atoms with Gasteiger partial charge < -0.3 is 0 Å². The summed E-state index contributed by atoms with van der Waals surface area (Å²) in [5.74, 6) is 0. The average molecular weight is 245 g/mol. The quantitative estimate of drug-likeness (QED) is 0.699. The van der Waals surface area contributed by atoms with Gasteiger partial charge in [-0.2, -0.15) is 0 Å². The number of halogens is 1. The van der Waals surface area contributed by atoms with Gasteiger partial charge in [-0.3, -0.25) is 4.79 Å². The summed E-state index contributed by atoms with van der Waals surface area (Å²) in [6.07, 6.45) is 0. The Balaban J connectivity index is 2.43. The monoisotopic (exact) mass is 244 g/mol. The van der Waals surface area contributed by atoms with Gasteiger partial charge in [0.15, 0.2) is 0 Å². The van der Waals surface area contributed by atoms with Crippen molar-refractivity contribution in [2.75, 3.05) is 0 Å². The van der Waals surface area contributed by atoms with Crippen molar-refractivity contribution in [1.29, 1.82) is 0 Å². The van der Waals surface area contributed by atoms with Gasteiger partial charge in [-0.1, -0.05) is 48.5 Å². The highest BCUT2D eigenvalue weighted by atomic mass is 35.5. The first-order valence-electron chi connectivity index (χ1n) is 5.55. The number of hydrogen-bond donors (Lipinski definition) is 0. The zero-order valence-corrected chi connectivity index (χ0v) is 10.2. The molecule has 84 valence electrons. The smallest absolute Gasteiger partial charge is 0.236 e. The standard InChI is InChI=1S/C15H11ClO/c1-15(14(16)17)12-8-4-2-6-10(12)11-7-3-5-9-13(11)15/h2-9H,1H3/i14+2. The van der Waals surface area contributed by atoms with E-state index in [1.54, 1.807) is 0 Å². The van der Waals surface area contributed by atoms with Crippen molar-refractivity contribution >= 4 is 16.8 Å². The van der Waals surface area contributed by atoms with E-state index in [9.17, 15) is 4.79 Å². The topological polar surface area (TPSA) is 17.1 Å². The lowest BCUT2D eigenvalue weighted by molar-refractivity contribution is -0.114. The number of fused-ring (bicyclic) bond motifs is 3. The fourth-order valence-electron chi connectivity index (χ4n) is 2.66. The summed E-state index contributed by atoms with van der Waals surface area (Å²) in [6, 6.07) is 15.9. The van der Waals surface area contributed by atoms with E-state index in [1.165, 1.54) is 0 Å². The molecule has 0 spiro atoms. The molecular formula is C15H11ClO. The lowest BCUT2D eigenvalue weighted by Crippen LogP contribution is -2.27. The summed E-state index contributed by atoms with van der Waals surface area (Å²) in [5, 5.41) is -0.324. The van der Waals surface area contributed by atoms with Crippen LogP contribution in [0.4, 0.5) is 0 Å². The van der Waals surface area contributed by atoms with Crippen LogP contribution in [0.15, 0.2) is 48.5 Å². The molecule has 0 radical (unpaired) electrons. The van der Waals surface area contributed by atoms with E-state index < -0.39 is 5.41 Å². The first-order valence-corrected chi connectivity index (χ1v) is 5.93. The minimum absolute atomic E-state index is 0.324. The van der Waals surface area contributed by atoms with Crippen LogP contribution in [-0.4, -0.2) is 5.24 Å². The van der Waals surface area contributed by atoms with E-state index in [2.05, 4.69) is 0 Å².